The van der Waals surface area contributed by atoms with E-state index in [-0.39, 0.29) is 6.29 Å². The van der Waals surface area contributed by atoms with E-state index in [1.54, 1.807) is 0 Å². The largest absolute Gasteiger partial charge is 0.573 e. The number of alkyl halides is 5. The second-order valence-electron chi connectivity index (χ2n) is 2.76. The Morgan fingerprint density at radius 1 is 1.25 bits per heavy atom. The maximum Gasteiger partial charge on any atom is 0.573 e. The quantitative estimate of drug-likeness (QED) is 0.598. The molecule has 1 rings (SSSR count). The smallest absolute Gasteiger partial charge is 0.405 e. The molecule has 2 nitrogen and oxygen atoms in total. The molecule has 0 N–H and O–H groups in total. The van der Waals surface area contributed by atoms with Crippen LogP contribution in [0.4, 0.5) is 22.0 Å². The molecular weight excluding hydrogens is 235 g/mol. The maximum atomic E-state index is 12.2. The predicted octanol–water partition coefficient (Wildman–Crippen LogP) is 3.34. The van der Waals surface area contributed by atoms with E-state index in [1.165, 1.54) is 0 Å². The van der Waals surface area contributed by atoms with Crippen LogP contribution in [0.5, 0.6) is 5.75 Å². The highest BCUT2D eigenvalue weighted by atomic mass is 19.4. The van der Waals surface area contributed by atoms with Gasteiger partial charge >= 0.3 is 6.36 Å². The zero-order valence-corrected chi connectivity index (χ0v) is 7.59. The number of hydrogen-bond acceptors (Lipinski definition) is 2. The standard InChI is InChI=1S/C9H5F5O2/c10-8(11)5-1-2-7(6(3-5)4-15)16-9(12,13)14/h1-4,8H. The van der Waals surface area contributed by atoms with Crippen LogP contribution in [-0.2, 0) is 0 Å². The topological polar surface area (TPSA) is 26.3 Å². The Hall–Kier alpha value is -1.66. The summed E-state index contributed by atoms with van der Waals surface area (Å²) in [6, 6.07) is 2.09. The van der Waals surface area contributed by atoms with Gasteiger partial charge in [-0.1, -0.05) is 0 Å². The Bertz CT molecular complexity index is 386. The van der Waals surface area contributed by atoms with Gasteiger partial charge in [-0.05, 0) is 18.2 Å². The average molecular weight is 240 g/mol. The van der Waals surface area contributed by atoms with Crippen LogP contribution in [0.25, 0.3) is 0 Å². The third kappa shape index (κ3) is 3.18. The number of carbonyl (C=O) groups excluding carboxylic acids is 1. The Kier molecular flexibility index (Phi) is 3.46. The van der Waals surface area contributed by atoms with Crippen LogP contribution in [0.1, 0.15) is 22.3 Å². The van der Waals surface area contributed by atoms with Gasteiger partial charge in [0.2, 0.25) is 0 Å². The van der Waals surface area contributed by atoms with E-state index in [0.717, 1.165) is 6.07 Å². The van der Waals surface area contributed by atoms with Crippen molar-refractivity contribution in [1.82, 2.24) is 0 Å². The molecule has 88 valence electrons. The second-order valence-corrected chi connectivity index (χ2v) is 2.76. The van der Waals surface area contributed by atoms with Crippen LogP contribution in [0.2, 0.25) is 0 Å². The Balaban J connectivity index is 3.07. The number of rotatable bonds is 3. The highest BCUT2D eigenvalue weighted by Gasteiger charge is 2.32. The predicted molar refractivity (Wildman–Crippen MR) is 43.5 cm³/mol. The van der Waals surface area contributed by atoms with Gasteiger partial charge < -0.3 is 4.74 Å². The van der Waals surface area contributed by atoms with Crippen molar-refractivity contribution in [1.29, 1.82) is 0 Å². The highest BCUT2D eigenvalue weighted by molar-refractivity contribution is 5.79. The van der Waals surface area contributed by atoms with Crippen molar-refractivity contribution in [2.24, 2.45) is 0 Å². The zero-order valence-electron chi connectivity index (χ0n) is 7.59. The maximum absolute atomic E-state index is 12.2. The Morgan fingerprint density at radius 2 is 1.88 bits per heavy atom. The molecule has 0 aliphatic heterocycles. The zero-order chi connectivity index (χ0) is 12.3. The van der Waals surface area contributed by atoms with Gasteiger partial charge in [-0.25, -0.2) is 8.78 Å². The molecule has 0 aliphatic rings. The molecule has 1 aromatic rings. The minimum Gasteiger partial charge on any atom is -0.405 e. The van der Waals surface area contributed by atoms with E-state index in [4.69, 9.17) is 0 Å². The molecule has 0 aromatic heterocycles. The minimum absolute atomic E-state index is 0.0208. The van der Waals surface area contributed by atoms with Crippen LogP contribution in [0.3, 0.4) is 0 Å². The Labute approximate surface area is 86.6 Å². The lowest BCUT2D eigenvalue weighted by Gasteiger charge is -2.11. The van der Waals surface area contributed by atoms with Crippen LogP contribution >= 0.6 is 0 Å². The van der Waals surface area contributed by atoms with Gasteiger partial charge in [0.25, 0.3) is 6.43 Å². The van der Waals surface area contributed by atoms with Crippen LogP contribution in [0.15, 0.2) is 18.2 Å². The monoisotopic (exact) mass is 240 g/mol. The van der Waals surface area contributed by atoms with Crippen molar-refractivity contribution < 1.29 is 31.5 Å². The first-order valence-corrected chi connectivity index (χ1v) is 3.96. The summed E-state index contributed by atoms with van der Waals surface area (Å²) in [6.45, 7) is 0. The number of carbonyl (C=O) groups is 1. The fourth-order valence-electron chi connectivity index (χ4n) is 1.01. The fraction of sp³-hybridized carbons (Fsp3) is 0.222. The first-order valence-electron chi connectivity index (χ1n) is 3.96. The van der Waals surface area contributed by atoms with Crippen LogP contribution in [-0.4, -0.2) is 12.6 Å². The van der Waals surface area contributed by atoms with Crippen molar-refractivity contribution in [3.63, 3.8) is 0 Å². The summed E-state index contributed by atoms with van der Waals surface area (Å²) in [7, 11) is 0. The van der Waals surface area contributed by atoms with E-state index < -0.39 is 29.7 Å². The van der Waals surface area contributed by atoms with Crippen molar-refractivity contribution in [2.75, 3.05) is 0 Å². The van der Waals surface area contributed by atoms with E-state index in [0.29, 0.717) is 12.1 Å². The molecule has 1 aromatic carbocycles. The lowest BCUT2D eigenvalue weighted by molar-refractivity contribution is -0.274. The van der Waals surface area contributed by atoms with Crippen molar-refractivity contribution in [2.45, 2.75) is 12.8 Å². The molecule has 0 unspecified atom stereocenters. The SMILES string of the molecule is O=Cc1cc(C(F)F)ccc1OC(F)(F)F. The number of ether oxygens (including phenoxy) is 1. The third-order valence-corrected chi connectivity index (χ3v) is 1.64. The Morgan fingerprint density at radius 3 is 2.31 bits per heavy atom. The molecule has 0 fully saturated rings. The summed E-state index contributed by atoms with van der Waals surface area (Å²) in [6.07, 6.45) is -7.81. The van der Waals surface area contributed by atoms with Crippen LogP contribution in [0, 0.1) is 0 Å². The van der Waals surface area contributed by atoms with Crippen molar-refractivity contribution >= 4 is 6.29 Å². The van der Waals surface area contributed by atoms with E-state index in [1.807, 2.05) is 0 Å². The molecule has 16 heavy (non-hydrogen) atoms. The first kappa shape index (κ1) is 12.4. The molecule has 0 saturated heterocycles. The molecule has 0 aliphatic carbocycles. The summed E-state index contributed by atoms with van der Waals surface area (Å²) < 4.78 is 63.3. The summed E-state index contributed by atoms with van der Waals surface area (Å²) in [5.74, 6) is -0.799. The van der Waals surface area contributed by atoms with Gasteiger partial charge in [-0.15, -0.1) is 13.2 Å². The lowest BCUT2D eigenvalue weighted by atomic mass is 10.1. The summed E-state index contributed by atoms with van der Waals surface area (Å²) in [5.41, 5.74) is -1.12. The molecule has 0 amide bonds. The summed E-state index contributed by atoms with van der Waals surface area (Å²) >= 11 is 0. The number of benzene rings is 1. The average Bonchev–Trinajstić information content (AvgIpc) is 2.15. The van der Waals surface area contributed by atoms with Gasteiger partial charge in [0.1, 0.15) is 5.75 Å². The molecule has 0 bridgehead atoms. The van der Waals surface area contributed by atoms with Gasteiger partial charge in [-0.3, -0.25) is 4.79 Å². The van der Waals surface area contributed by atoms with Gasteiger partial charge in [0.15, 0.2) is 6.29 Å². The van der Waals surface area contributed by atoms with E-state index in [9.17, 15) is 26.7 Å². The molecule has 0 radical (unpaired) electrons. The first-order chi connectivity index (χ1) is 7.33. The number of hydrogen-bond donors (Lipinski definition) is 0. The summed E-state index contributed by atoms with van der Waals surface area (Å²) in [4.78, 5) is 10.4. The number of aldehydes is 1. The lowest BCUT2D eigenvalue weighted by Crippen LogP contribution is -2.18. The fourth-order valence-corrected chi connectivity index (χ4v) is 1.01. The van der Waals surface area contributed by atoms with E-state index in [2.05, 4.69) is 4.74 Å². The van der Waals surface area contributed by atoms with Gasteiger partial charge in [-0.2, -0.15) is 0 Å². The second kappa shape index (κ2) is 4.46. The summed E-state index contributed by atoms with van der Waals surface area (Å²) in [5, 5.41) is 0. The molecule has 0 atom stereocenters. The van der Waals surface area contributed by atoms with Crippen molar-refractivity contribution in [3.05, 3.63) is 29.3 Å². The van der Waals surface area contributed by atoms with Crippen LogP contribution < -0.4 is 4.74 Å². The number of halogens is 5. The molecule has 0 spiro atoms. The van der Waals surface area contributed by atoms with E-state index >= 15 is 0 Å². The van der Waals surface area contributed by atoms with Gasteiger partial charge in [0.05, 0.1) is 5.56 Å². The minimum atomic E-state index is -4.97. The third-order valence-electron chi connectivity index (χ3n) is 1.64. The van der Waals surface area contributed by atoms with Crippen molar-refractivity contribution in [3.8, 4) is 5.75 Å². The highest BCUT2D eigenvalue weighted by Crippen LogP contribution is 2.29. The molecule has 7 heteroatoms. The molecule has 0 heterocycles. The van der Waals surface area contributed by atoms with Gasteiger partial charge in [0, 0.05) is 5.56 Å². The molecular formula is C9H5F5O2. The normalized spacial score (nSPS) is 11.6. The molecule has 0 saturated carbocycles.